The zero-order valence-corrected chi connectivity index (χ0v) is 19.8. The number of anilines is 1. The molecule has 2 unspecified atom stereocenters. The fraction of sp³-hybridized carbons (Fsp3) is 0.346. The molecule has 9 nitrogen and oxygen atoms in total. The van der Waals surface area contributed by atoms with Gasteiger partial charge in [-0.3, -0.25) is 4.79 Å². The summed E-state index contributed by atoms with van der Waals surface area (Å²) in [5.74, 6) is -1.09. The molecule has 0 aliphatic carbocycles. The number of ether oxygens (including phenoxy) is 1. The first-order valence-corrected chi connectivity index (χ1v) is 11.7. The van der Waals surface area contributed by atoms with Crippen LogP contribution in [0.15, 0.2) is 54.6 Å². The summed E-state index contributed by atoms with van der Waals surface area (Å²) in [6, 6.07) is 18.8. The minimum Gasteiger partial charge on any atom is -0.450 e. The summed E-state index contributed by atoms with van der Waals surface area (Å²) in [4.78, 5) is 38.5. The van der Waals surface area contributed by atoms with Crippen molar-refractivity contribution in [3.05, 3.63) is 65.9 Å². The Morgan fingerprint density at radius 3 is 2.29 bits per heavy atom. The van der Waals surface area contributed by atoms with Gasteiger partial charge in [0.15, 0.2) is 11.7 Å². The van der Waals surface area contributed by atoms with E-state index in [9.17, 15) is 14.9 Å². The van der Waals surface area contributed by atoms with Gasteiger partial charge in [0, 0.05) is 26.2 Å². The molecule has 35 heavy (non-hydrogen) atoms. The maximum atomic E-state index is 13.3. The van der Waals surface area contributed by atoms with Gasteiger partial charge in [0.2, 0.25) is 5.91 Å². The van der Waals surface area contributed by atoms with Crippen LogP contribution in [0.1, 0.15) is 37.1 Å². The number of nitriles is 1. The minimum absolute atomic E-state index is 0.274. The number of nitrogens with zero attached hydrogens (tertiary/aromatic N) is 5. The van der Waals surface area contributed by atoms with E-state index in [0.717, 1.165) is 5.56 Å². The number of hydrogen-bond acceptors (Lipinski definition) is 7. The Labute approximate surface area is 204 Å². The normalized spacial score (nSPS) is 15.2. The van der Waals surface area contributed by atoms with Gasteiger partial charge in [-0.15, -0.1) is 0 Å². The van der Waals surface area contributed by atoms with Crippen LogP contribution >= 0.6 is 0 Å². The molecule has 1 N–H and O–H groups in total. The molecule has 2 amide bonds. The molecule has 3 aromatic rings. The molecular formula is C26H28N6O3. The SMILES string of the molecule is CCOC(=O)N1CCN(c2nc3ccccc3nc2C(C#N)C(=O)NC(C)c2ccccc2)CC1. The number of carbonyl (C=O) groups is 2. The standard InChI is InChI=1S/C26H28N6O3/c1-3-35-26(34)32-15-13-31(14-16-32)24-23(29-21-11-7-8-12-22(21)30-24)20(17-27)25(33)28-18(2)19-9-5-4-6-10-19/h4-12,18,20H,3,13-16H2,1-2H3,(H,28,33). The number of carbonyl (C=O) groups excluding carboxylic acids is 2. The fourth-order valence-corrected chi connectivity index (χ4v) is 4.11. The Morgan fingerprint density at radius 1 is 1.03 bits per heavy atom. The summed E-state index contributed by atoms with van der Waals surface area (Å²) in [7, 11) is 0. The zero-order chi connectivity index (χ0) is 24.8. The number of rotatable bonds is 6. The summed E-state index contributed by atoms with van der Waals surface area (Å²) in [5.41, 5.74) is 2.54. The Morgan fingerprint density at radius 2 is 1.66 bits per heavy atom. The molecule has 1 fully saturated rings. The molecule has 1 aromatic heterocycles. The Bertz CT molecular complexity index is 1230. The van der Waals surface area contributed by atoms with E-state index >= 15 is 0 Å². The van der Waals surface area contributed by atoms with E-state index in [1.165, 1.54) is 0 Å². The lowest BCUT2D eigenvalue weighted by Gasteiger charge is -2.35. The van der Waals surface area contributed by atoms with Crippen LogP contribution in [0.5, 0.6) is 0 Å². The van der Waals surface area contributed by atoms with Gasteiger partial charge in [0.1, 0.15) is 5.69 Å². The summed E-state index contributed by atoms with van der Waals surface area (Å²) in [5, 5.41) is 13.0. The van der Waals surface area contributed by atoms with Crippen molar-refractivity contribution in [3.8, 4) is 6.07 Å². The highest BCUT2D eigenvalue weighted by Gasteiger charge is 2.31. The molecule has 0 bridgehead atoms. The van der Waals surface area contributed by atoms with Crippen LogP contribution in [0.3, 0.4) is 0 Å². The molecule has 1 saturated heterocycles. The molecule has 1 aliphatic heterocycles. The first-order chi connectivity index (χ1) is 17.0. The average Bonchev–Trinajstić information content (AvgIpc) is 2.89. The number of amides is 2. The monoisotopic (exact) mass is 472 g/mol. The van der Waals surface area contributed by atoms with Gasteiger partial charge in [-0.2, -0.15) is 5.26 Å². The van der Waals surface area contributed by atoms with Gasteiger partial charge < -0.3 is 19.9 Å². The van der Waals surface area contributed by atoms with Crippen molar-refractivity contribution in [3.63, 3.8) is 0 Å². The predicted octanol–water partition coefficient (Wildman–Crippen LogP) is 3.39. The molecule has 1 aliphatic rings. The van der Waals surface area contributed by atoms with Gasteiger partial charge in [-0.1, -0.05) is 42.5 Å². The molecule has 2 aromatic carbocycles. The largest absolute Gasteiger partial charge is 0.450 e. The van der Waals surface area contributed by atoms with Crippen molar-refractivity contribution in [2.75, 3.05) is 37.7 Å². The Balaban J connectivity index is 1.63. The summed E-state index contributed by atoms with van der Waals surface area (Å²) < 4.78 is 5.11. The van der Waals surface area contributed by atoms with Crippen LogP contribution in [-0.2, 0) is 9.53 Å². The lowest BCUT2D eigenvalue weighted by atomic mass is 10.0. The van der Waals surface area contributed by atoms with Crippen LogP contribution in [0.2, 0.25) is 0 Å². The third kappa shape index (κ3) is 5.32. The molecule has 180 valence electrons. The van der Waals surface area contributed by atoms with E-state index in [-0.39, 0.29) is 12.1 Å². The van der Waals surface area contributed by atoms with Crippen molar-refractivity contribution < 1.29 is 14.3 Å². The number of piperazine rings is 1. The molecule has 4 rings (SSSR count). The summed E-state index contributed by atoms with van der Waals surface area (Å²) >= 11 is 0. The van der Waals surface area contributed by atoms with Crippen LogP contribution < -0.4 is 10.2 Å². The molecular weight excluding hydrogens is 444 g/mol. The highest BCUT2D eigenvalue weighted by molar-refractivity contribution is 5.89. The van der Waals surface area contributed by atoms with Crippen molar-refractivity contribution in [2.45, 2.75) is 25.8 Å². The summed E-state index contributed by atoms with van der Waals surface area (Å²) in [6.45, 7) is 5.83. The number of benzene rings is 2. The van der Waals surface area contributed by atoms with Gasteiger partial charge in [0.05, 0.1) is 29.8 Å². The average molecular weight is 473 g/mol. The second kappa shape index (κ2) is 10.8. The van der Waals surface area contributed by atoms with E-state index < -0.39 is 11.8 Å². The minimum atomic E-state index is -1.14. The fourth-order valence-electron chi connectivity index (χ4n) is 4.11. The van der Waals surface area contributed by atoms with Crippen LogP contribution in [0.4, 0.5) is 10.6 Å². The molecule has 0 saturated carbocycles. The smallest absolute Gasteiger partial charge is 0.409 e. The third-order valence-corrected chi connectivity index (χ3v) is 6.01. The Hall–Kier alpha value is -4.19. The predicted molar refractivity (Wildman–Crippen MR) is 132 cm³/mol. The van der Waals surface area contributed by atoms with Crippen molar-refractivity contribution in [2.24, 2.45) is 0 Å². The zero-order valence-electron chi connectivity index (χ0n) is 19.8. The Kier molecular flexibility index (Phi) is 7.41. The second-order valence-electron chi connectivity index (χ2n) is 8.30. The van der Waals surface area contributed by atoms with Crippen LogP contribution in [0.25, 0.3) is 11.0 Å². The maximum Gasteiger partial charge on any atom is 0.409 e. The first-order valence-electron chi connectivity index (χ1n) is 11.7. The van der Waals surface area contributed by atoms with Crippen LogP contribution in [-0.4, -0.2) is 59.7 Å². The lowest BCUT2D eigenvalue weighted by molar-refractivity contribution is -0.122. The number of hydrogen-bond donors (Lipinski definition) is 1. The second-order valence-corrected chi connectivity index (χ2v) is 8.30. The van der Waals surface area contributed by atoms with Gasteiger partial charge in [-0.25, -0.2) is 14.8 Å². The molecule has 2 atom stereocenters. The van der Waals surface area contributed by atoms with E-state index in [1.807, 2.05) is 66.4 Å². The number of nitrogens with one attached hydrogen (secondary N) is 1. The highest BCUT2D eigenvalue weighted by atomic mass is 16.6. The van der Waals surface area contributed by atoms with Crippen molar-refractivity contribution in [1.82, 2.24) is 20.2 Å². The van der Waals surface area contributed by atoms with E-state index in [2.05, 4.69) is 11.4 Å². The number of para-hydroxylation sites is 2. The van der Waals surface area contributed by atoms with E-state index in [1.54, 1.807) is 11.8 Å². The summed E-state index contributed by atoms with van der Waals surface area (Å²) in [6.07, 6.45) is -0.346. The van der Waals surface area contributed by atoms with Gasteiger partial charge >= 0.3 is 6.09 Å². The third-order valence-electron chi connectivity index (χ3n) is 6.01. The molecule has 0 spiro atoms. The molecule has 2 heterocycles. The first kappa shape index (κ1) is 24.0. The highest BCUT2D eigenvalue weighted by Crippen LogP contribution is 2.29. The topological polar surface area (TPSA) is 111 Å². The molecule has 9 heteroatoms. The quantitative estimate of drug-likeness (QED) is 0.585. The maximum absolute atomic E-state index is 13.3. The van der Waals surface area contributed by atoms with Gasteiger partial charge in [-0.05, 0) is 31.5 Å². The van der Waals surface area contributed by atoms with Gasteiger partial charge in [0.25, 0.3) is 0 Å². The van der Waals surface area contributed by atoms with Crippen molar-refractivity contribution in [1.29, 1.82) is 5.26 Å². The number of fused-ring (bicyclic) bond motifs is 1. The van der Waals surface area contributed by atoms with E-state index in [0.29, 0.717) is 55.3 Å². The van der Waals surface area contributed by atoms with E-state index in [4.69, 9.17) is 14.7 Å². The van der Waals surface area contributed by atoms with Crippen LogP contribution in [0, 0.1) is 11.3 Å². The van der Waals surface area contributed by atoms with Crippen molar-refractivity contribution >= 4 is 28.9 Å². The lowest BCUT2D eigenvalue weighted by Crippen LogP contribution is -2.49. The number of aromatic nitrogens is 2. The molecule has 0 radical (unpaired) electrons.